The Kier molecular flexibility index (Phi) is 4.14. The second kappa shape index (κ2) is 6.20. The summed E-state index contributed by atoms with van der Waals surface area (Å²) >= 11 is 0. The van der Waals surface area contributed by atoms with Crippen LogP contribution in [-0.4, -0.2) is 28.8 Å². The topological polar surface area (TPSA) is 39.1 Å². The van der Waals surface area contributed by atoms with Crippen molar-refractivity contribution in [3.8, 4) is 5.69 Å². The second-order valence-corrected chi connectivity index (χ2v) is 5.31. The maximum atomic E-state index is 5.48. The molecule has 1 N–H and O–H groups in total. The van der Waals surface area contributed by atoms with Gasteiger partial charge < -0.3 is 14.6 Å². The molecular weight excluding hydrogens is 250 g/mol. The first-order chi connectivity index (χ1) is 9.83. The van der Waals surface area contributed by atoms with Crippen LogP contribution in [0.25, 0.3) is 5.69 Å². The normalized spacial score (nSPS) is 19.1. The predicted molar refractivity (Wildman–Crippen MR) is 79.0 cm³/mol. The van der Waals surface area contributed by atoms with E-state index >= 15 is 0 Å². The summed E-state index contributed by atoms with van der Waals surface area (Å²) < 4.78 is 7.57. The van der Waals surface area contributed by atoms with E-state index in [4.69, 9.17) is 4.74 Å². The van der Waals surface area contributed by atoms with Crippen LogP contribution in [0.2, 0.25) is 0 Å². The monoisotopic (exact) mass is 271 g/mol. The molecule has 1 atom stereocenters. The highest BCUT2D eigenvalue weighted by atomic mass is 16.5. The molecule has 1 aliphatic rings. The highest BCUT2D eigenvalue weighted by Crippen LogP contribution is 2.12. The number of benzene rings is 1. The van der Waals surface area contributed by atoms with Gasteiger partial charge in [-0.2, -0.15) is 0 Å². The second-order valence-electron chi connectivity index (χ2n) is 5.31. The van der Waals surface area contributed by atoms with Crippen molar-refractivity contribution in [2.75, 3.05) is 13.2 Å². The molecule has 4 nitrogen and oxygen atoms in total. The van der Waals surface area contributed by atoms with E-state index in [0.717, 1.165) is 37.7 Å². The largest absolute Gasteiger partial charge is 0.380 e. The number of hydrogen-bond donors (Lipinski definition) is 1. The van der Waals surface area contributed by atoms with Crippen molar-refractivity contribution in [1.82, 2.24) is 14.9 Å². The number of imidazole rings is 1. The van der Waals surface area contributed by atoms with Crippen molar-refractivity contribution in [2.45, 2.75) is 32.4 Å². The molecule has 1 saturated heterocycles. The lowest BCUT2D eigenvalue weighted by atomic mass is 10.1. The van der Waals surface area contributed by atoms with E-state index in [1.165, 1.54) is 12.0 Å². The Morgan fingerprint density at radius 1 is 1.35 bits per heavy atom. The Morgan fingerprint density at radius 3 is 2.85 bits per heavy atom. The summed E-state index contributed by atoms with van der Waals surface area (Å²) in [5, 5.41) is 3.56. The lowest BCUT2D eigenvalue weighted by Gasteiger charge is -2.23. The van der Waals surface area contributed by atoms with E-state index in [2.05, 4.69) is 39.1 Å². The van der Waals surface area contributed by atoms with Crippen LogP contribution in [0.15, 0.2) is 36.7 Å². The highest BCUT2D eigenvalue weighted by molar-refractivity contribution is 5.35. The third-order valence-corrected chi connectivity index (χ3v) is 3.80. The molecule has 2 heterocycles. The zero-order valence-corrected chi connectivity index (χ0v) is 11.9. The van der Waals surface area contributed by atoms with E-state index in [9.17, 15) is 0 Å². The molecule has 1 aliphatic heterocycles. The van der Waals surface area contributed by atoms with Gasteiger partial charge in [0, 0.05) is 37.3 Å². The molecule has 0 unspecified atom stereocenters. The Balaban J connectivity index is 1.60. The van der Waals surface area contributed by atoms with Gasteiger partial charge >= 0.3 is 0 Å². The molecule has 0 radical (unpaired) electrons. The molecule has 3 rings (SSSR count). The zero-order chi connectivity index (χ0) is 13.8. The minimum atomic E-state index is 0.499. The van der Waals surface area contributed by atoms with Crippen molar-refractivity contribution >= 4 is 0 Å². The van der Waals surface area contributed by atoms with Gasteiger partial charge in [0.1, 0.15) is 5.82 Å². The fourth-order valence-corrected chi connectivity index (χ4v) is 2.59. The molecule has 0 spiro atoms. The lowest BCUT2D eigenvalue weighted by Crippen LogP contribution is -2.36. The summed E-state index contributed by atoms with van der Waals surface area (Å²) in [4.78, 5) is 4.25. The fourth-order valence-electron chi connectivity index (χ4n) is 2.59. The van der Waals surface area contributed by atoms with Gasteiger partial charge in [0.15, 0.2) is 0 Å². The molecule has 1 fully saturated rings. The first-order valence-electron chi connectivity index (χ1n) is 7.23. The molecule has 106 valence electrons. The molecule has 2 aromatic rings. The van der Waals surface area contributed by atoms with Crippen molar-refractivity contribution in [1.29, 1.82) is 0 Å². The van der Waals surface area contributed by atoms with Crippen molar-refractivity contribution in [3.05, 3.63) is 48.0 Å². The molecular formula is C16H21N3O. The summed E-state index contributed by atoms with van der Waals surface area (Å²) in [6.07, 6.45) is 6.19. The number of aromatic nitrogens is 2. The third-order valence-electron chi connectivity index (χ3n) is 3.80. The first-order valence-corrected chi connectivity index (χ1v) is 7.23. The Morgan fingerprint density at radius 2 is 2.20 bits per heavy atom. The molecule has 4 heteroatoms. The summed E-state index contributed by atoms with van der Waals surface area (Å²) in [6.45, 7) is 4.67. The molecule has 1 aromatic carbocycles. The quantitative estimate of drug-likeness (QED) is 0.928. The van der Waals surface area contributed by atoms with E-state index in [-0.39, 0.29) is 0 Å². The molecule has 1 aromatic heterocycles. The van der Waals surface area contributed by atoms with Crippen LogP contribution in [0.4, 0.5) is 0 Å². The van der Waals surface area contributed by atoms with Gasteiger partial charge in [0.2, 0.25) is 0 Å². The number of hydrogen-bond acceptors (Lipinski definition) is 3. The van der Waals surface area contributed by atoms with Gasteiger partial charge in [-0.1, -0.05) is 12.1 Å². The molecule has 0 amide bonds. The molecule has 0 aliphatic carbocycles. The Bertz CT molecular complexity index is 541. The van der Waals surface area contributed by atoms with Crippen molar-refractivity contribution in [2.24, 2.45) is 0 Å². The van der Waals surface area contributed by atoms with Crippen LogP contribution in [0.5, 0.6) is 0 Å². The maximum absolute atomic E-state index is 5.48. The van der Waals surface area contributed by atoms with Crippen LogP contribution in [0.1, 0.15) is 24.2 Å². The summed E-state index contributed by atoms with van der Waals surface area (Å²) in [7, 11) is 0. The van der Waals surface area contributed by atoms with Crippen LogP contribution in [0, 0.1) is 6.92 Å². The molecule has 0 bridgehead atoms. The number of nitrogens with one attached hydrogen (secondary N) is 1. The van der Waals surface area contributed by atoms with Gasteiger partial charge in [0.05, 0.1) is 6.61 Å². The number of rotatable bonds is 4. The highest BCUT2D eigenvalue weighted by Gasteiger charge is 2.12. The Hall–Kier alpha value is -1.65. The van der Waals surface area contributed by atoms with E-state index in [1.54, 1.807) is 0 Å². The van der Waals surface area contributed by atoms with Crippen LogP contribution in [0.3, 0.4) is 0 Å². The molecule has 0 saturated carbocycles. The van der Waals surface area contributed by atoms with Crippen LogP contribution in [-0.2, 0) is 11.3 Å². The van der Waals surface area contributed by atoms with E-state index in [0.29, 0.717) is 6.04 Å². The predicted octanol–water partition coefficient (Wildman–Crippen LogP) is 2.45. The summed E-state index contributed by atoms with van der Waals surface area (Å²) in [5.74, 6) is 1.01. The van der Waals surface area contributed by atoms with Gasteiger partial charge in [-0.05, 0) is 37.5 Å². The zero-order valence-electron chi connectivity index (χ0n) is 11.9. The summed E-state index contributed by atoms with van der Waals surface area (Å²) in [6, 6.07) is 9.13. The standard InChI is InChI=1S/C16H21N3O/c1-13-17-8-9-19(13)16-6-4-14(5-7-16)11-18-15-3-2-10-20-12-15/h4-9,15,18H,2-3,10-12H2,1H3/t15-/m1/s1. The average molecular weight is 271 g/mol. The number of ether oxygens (including phenoxy) is 1. The van der Waals surface area contributed by atoms with Gasteiger partial charge in [-0.15, -0.1) is 0 Å². The van der Waals surface area contributed by atoms with Crippen LogP contribution < -0.4 is 5.32 Å². The van der Waals surface area contributed by atoms with E-state index < -0.39 is 0 Å². The first kappa shape index (κ1) is 13.3. The number of aryl methyl sites for hydroxylation is 1. The smallest absolute Gasteiger partial charge is 0.110 e. The van der Waals surface area contributed by atoms with Gasteiger partial charge in [-0.3, -0.25) is 0 Å². The van der Waals surface area contributed by atoms with Crippen molar-refractivity contribution < 1.29 is 4.74 Å². The minimum absolute atomic E-state index is 0.499. The molecule has 20 heavy (non-hydrogen) atoms. The van der Waals surface area contributed by atoms with E-state index in [1.807, 2.05) is 19.3 Å². The number of nitrogens with zero attached hydrogens (tertiary/aromatic N) is 2. The lowest BCUT2D eigenvalue weighted by molar-refractivity contribution is 0.0699. The fraction of sp³-hybridized carbons (Fsp3) is 0.438. The SMILES string of the molecule is Cc1nccn1-c1ccc(CN[C@@H]2CCCOC2)cc1. The van der Waals surface area contributed by atoms with Crippen molar-refractivity contribution in [3.63, 3.8) is 0 Å². The average Bonchev–Trinajstić information content (AvgIpc) is 2.93. The minimum Gasteiger partial charge on any atom is -0.380 e. The van der Waals surface area contributed by atoms with Gasteiger partial charge in [0.25, 0.3) is 0 Å². The Labute approximate surface area is 119 Å². The van der Waals surface area contributed by atoms with Gasteiger partial charge in [-0.25, -0.2) is 4.98 Å². The maximum Gasteiger partial charge on any atom is 0.110 e. The summed E-state index contributed by atoms with van der Waals surface area (Å²) in [5.41, 5.74) is 2.46. The van der Waals surface area contributed by atoms with Crippen LogP contribution >= 0.6 is 0 Å². The third kappa shape index (κ3) is 3.08.